The molecular formula is C20H14Cl2N2O4. The van der Waals surface area contributed by atoms with E-state index in [2.05, 4.69) is 11.9 Å². The summed E-state index contributed by atoms with van der Waals surface area (Å²) in [4.78, 5) is 38.1. The molecule has 142 valence electrons. The molecule has 1 N–H and O–H groups in total. The van der Waals surface area contributed by atoms with Crippen LogP contribution in [0.2, 0.25) is 10.0 Å². The van der Waals surface area contributed by atoms with Crippen molar-refractivity contribution in [1.82, 2.24) is 5.32 Å². The Kier molecular flexibility index (Phi) is 5.82. The van der Waals surface area contributed by atoms with Crippen molar-refractivity contribution in [2.45, 2.75) is 0 Å². The highest BCUT2D eigenvalue weighted by atomic mass is 35.5. The van der Waals surface area contributed by atoms with Gasteiger partial charge in [-0.05, 0) is 42.0 Å². The smallest absolute Gasteiger partial charge is 0.335 e. The van der Waals surface area contributed by atoms with Crippen LogP contribution >= 0.6 is 23.2 Å². The van der Waals surface area contributed by atoms with Crippen molar-refractivity contribution in [3.8, 4) is 5.75 Å². The molecule has 2 aromatic rings. The molecule has 28 heavy (non-hydrogen) atoms. The van der Waals surface area contributed by atoms with Gasteiger partial charge in [-0.15, -0.1) is 0 Å². The van der Waals surface area contributed by atoms with E-state index >= 15 is 0 Å². The minimum absolute atomic E-state index is 0.213. The Morgan fingerprint density at radius 2 is 1.89 bits per heavy atom. The number of hydrogen-bond acceptors (Lipinski definition) is 4. The summed E-state index contributed by atoms with van der Waals surface area (Å²) in [6.45, 7) is 3.85. The molecule has 1 saturated heterocycles. The van der Waals surface area contributed by atoms with Crippen LogP contribution in [0.25, 0.3) is 6.08 Å². The summed E-state index contributed by atoms with van der Waals surface area (Å²) in [6, 6.07) is 10.2. The number of amides is 4. The van der Waals surface area contributed by atoms with Crippen molar-refractivity contribution in [3.05, 3.63) is 76.3 Å². The molecule has 1 aliphatic rings. The van der Waals surface area contributed by atoms with Gasteiger partial charge in [0.2, 0.25) is 0 Å². The zero-order chi connectivity index (χ0) is 20.3. The first-order chi connectivity index (χ1) is 13.4. The van der Waals surface area contributed by atoms with Gasteiger partial charge >= 0.3 is 6.03 Å². The summed E-state index contributed by atoms with van der Waals surface area (Å²) in [7, 11) is 0. The molecule has 0 saturated carbocycles. The van der Waals surface area contributed by atoms with Gasteiger partial charge in [-0.25, -0.2) is 9.69 Å². The molecule has 0 aromatic heterocycles. The Hall–Kier alpha value is -3.09. The topological polar surface area (TPSA) is 75.7 Å². The van der Waals surface area contributed by atoms with E-state index in [1.54, 1.807) is 42.5 Å². The second-order valence-electron chi connectivity index (χ2n) is 5.73. The van der Waals surface area contributed by atoms with Crippen molar-refractivity contribution < 1.29 is 19.1 Å². The van der Waals surface area contributed by atoms with E-state index < -0.39 is 17.8 Å². The number of ether oxygens (including phenoxy) is 1. The van der Waals surface area contributed by atoms with Crippen LogP contribution < -0.4 is 15.0 Å². The molecule has 0 bridgehead atoms. The van der Waals surface area contributed by atoms with Crippen LogP contribution in [0.15, 0.2) is 60.7 Å². The van der Waals surface area contributed by atoms with Gasteiger partial charge in [0.05, 0.1) is 10.7 Å². The number of urea groups is 1. The quantitative estimate of drug-likeness (QED) is 0.449. The number of carbonyl (C=O) groups is 3. The molecule has 1 aliphatic heterocycles. The van der Waals surface area contributed by atoms with Crippen LogP contribution in [0, 0.1) is 0 Å². The fourth-order valence-corrected chi connectivity index (χ4v) is 2.97. The maximum absolute atomic E-state index is 12.8. The number of benzene rings is 2. The van der Waals surface area contributed by atoms with Gasteiger partial charge in [0.1, 0.15) is 17.9 Å². The van der Waals surface area contributed by atoms with E-state index in [1.165, 1.54) is 12.1 Å². The van der Waals surface area contributed by atoms with Crippen molar-refractivity contribution >= 4 is 52.8 Å². The number of imide groups is 2. The van der Waals surface area contributed by atoms with E-state index in [0.717, 1.165) is 4.90 Å². The lowest BCUT2D eigenvalue weighted by Gasteiger charge is -2.26. The highest BCUT2D eigenvalue weighted by Crippen LogP contribution is 2.28. The number of hydrogen-bond donors (Lipinski definition) is 1. The summed E-state index contributed by atoms with van der Waals surface area (Å²) in [5.74, 6) is -1.12. The molecule has 0 aliphatic carbocycles. The summed E-state index contributed by atoms with van der Waals surface area (Å²) in [6.07, 6.45) is 2.93. The summed E-state index contributed by atoms with van der Waals surface area (Å²) in [5, 5.41) is 2.81. The number of nitrogens with one attached hydrogen (secondary N) is 1. The zero-order valence-corrected chi connectivity index (χ0v) is 16.0. The first-order valence-electron chi connectivity index (χ1n) is 8.11. The van der Waals surface area contributed by atoms with E-state index in [4.69, 9.17) is 27.9 Å². The highest BCUT2D eigenvalue weighted by molar-refractivity contribution is 6.39. The molecule has 1 fully saturated rings. The minimum atomic E-state index is -0.847. The van der Waals surface area contributed by atoms with Crippen LogP contribution in [0.4, 0.5) is 10.5 Å². The van der Waals surface area contributed by atoms with Crippen LogP contribution in [0.3, 0.4) is 0 Å². The third kappa shape index (κ3) is 4.08. The van der Waals surface area contributed by atoms with Crippen LogP contribution in [0.5, 0.6) is 5.75 Å². The lowest BCUT2D eigenvalue weighted by molar-refractivity contribution is -0.122. The third-order valence-corrected chi connectivity index (χ3v) is 4.32. The van der Waals surface area contributed by atoms with Gasteiger partial charge < -0.3 is 4.74 Å². The second kappa shape index (κ2) is 8.29. The standard InChI is InChI=1S/C20H14Cl2N2O4/c1-2-8-28-17-7-6-12(10-16(17)22)9-15-18(25)23-20(27)24(19(15)26)14-5-3-4-13(21)11-14/h2-7,9-11H,1,8H2,(H,23,25,27)/b15-9+. The second-order valence-corrected chi connectivity index (χ2v) is 6.57. The lowest BCUT2D eigenvalue weighted by Crippen LogP contribution is -2.54. The van der Waals surface area contributed by atoms with Crippen molar-refractivity contribution in [3.63, 3.8) is 0 Å². The number of barbiturate groups is 1. The first kappa shape index (κ1) is 19.7. The Morgan fingerprint density at radius 1 is 1.11 bits per heavy atom. The van der Waals surface area contributed by atoms with Crippen LogP contribution in [0.1, 0.15) is 5.56 Å². The number of carbonyl (C=O) groups excluding carboxylic acids is 3. The normalized spacial score (nSPS) is 15.6. The molecule has 0 radical (unpaired) electrons. The monoisotopic (exact) mass is 416 g/mol. The zero-order valence-electron chi connectivity index (χ0n) is 14.4. The number of nitrogens with zero attached hydrogens (tertiary/aromatic N) is 1. The summed E-state index contributed by atoms with van der Waals surface area (Å²) >= 11 is 12.1. The van der Waals surface area contributed by atoms with Crippen LogP contribution in [-0.2, 0) is 9.59 Å². The Labute approximate surface area is 171 Å². The molecular weight excluding hydrogens is 403 g/mol. The Balaban J connectivity index is 1.95. The number of rotatable bonds is 5. The average molecular weight is 417 g/mol. The molecule has 8 heteroatoms. The van der Waals surface area contributed by atoms with E-state index in [1.807, 2.05) is 0 Å². The maximum atomic E-state index is 12.8. The van der Waals surface area contributed by atoms with Crippen LogP contribution in [-0.4, -0.2) is 24.5 Å². The summed E-state index contributed by atoms with van der Waals surface area (Å²) < 4.78 is 5.39. The minimum Gasteiger partial charge on any atom is -0.488 e. The lowest BCUT2D eigenvalue weighted by atomic mass is 10.1. The predicted molar refractivity (Wildman–Crippen MR) is 108 cm³/mol. The Bertz CT molecular complexity index is 1020. The molecule has 1 heterocycles. The average Bonchev–Trinajstić information content (AvgIpc) is 2.64. The molecule has 3 rings (SSSR count). The SMILES string of the molecule is C=CCOc1ccc(/C=C2\C(=O)NC(=O)N(c3cccc(Cl)c3)C2=O)cc1Cl. The van der Waals surface area contributed by atoms with Gasteiger partial charge in [0, 0.05) is 5.02 Å². The van der Waals surface area contributed by atoms with Crippen molar-refractivity contribution in [2.75, 3.05) is 11.5 Å². The summed E-state index contributed by atoms with van der Waals surface area (Å²) in [5.41, 5.74) is 0.532. The van der Waals surface area contributed by atoms with E-state index in [0.29, 0.717) is 21.4 Å². The van der Waals surface area contributed by atoms with Gasteiger partial charge in [-0.1, -0.05) is 48.0 Å². The molecule has 6 nitrogen and oxygen atoms in total. The molecule has 0 unspecified atom stereocenters. The molecule has 4 amide bonds. The predicted octanol–water partition coefficient (Wildman–Crippen LogP) is 4.22. The van der Waals surface area contributed by atoms with Gasteiger partial charge in [-0.2, -0.15) is 0 Å². The fraction of sp³-hybridized carbons (Fsp3) is 0.0500. The first-order valence-corrected chi connectivity index (χ1v) is 8.86. The number of anilines is 1. The fourth-order valence-electron chi connectivity index (χ4n) is 2.55. The number of halogens is 2. The molecule has 0 atom stereocenters. The molecule has 0 spiro atoms. The third-order valence-electron chi connectivity index (χ3n) is 3.79. The van der Waals surface area contributed by atoms with Gasteiger partial charge in [0.15, 0.2) is 0 Å². The highest BCUT2D eigenvalue weighted by Gasteiger charge is 2.36. The van der Waals surface area contributed by atoms with E-state index in [-0.39, 0.29) is 17.9 Å². The van der Waals surface area contributed by atoms with E-state index in [9.17, 15) is 14.4 Å². The molecule has 2 aromatic carbocycles. The van der Waals surface area contributed by atoms with Gasteiger partial charge in [-0.3, -0.25) is 14.9 Å². The van der Waals surface area contributed by atoms with Crippen molar-refractivity contribution in [1.29, 1.82) is 0 Å². The van der Waals surface area contributed by atoms with Gasteiger partial charge in [0.25, 0.3) is 11.8 Å². The Morgan fingerprint density at radius 3 is 2.57 bits per heavy atom. The largest absolute Gasteiger partial charge is 0.488 e. The van der Waals surface area contributed by atoms with Crippen molar-refractivity contribution in [2.24, 2.45) is 0 Å². The maximum Gasteiger partial charge on any atom is 0.335 e.